The van der Waals surface area contributed by atoms with E-state index < -0.39 is 0 Å². The summed E-state index contributed by atoms with van der Waals surface area (Å²) in [7, 11) is 0. The van der Waals surface area contributed by atoms with E-state index >= 15 is 0 Å². The predicted molar refractivity (Wildman–Crippen MR) is 61.9 cm³/mol. The van der Waals surface area contributed by atoms with E-state index in [-0.39, 0.29) is 17.7 Å². The highest BCUT2D eigenvalue weighted by Crippen LogP contribution is 2.20. The highest BCUT2D eigenvalue weighted by atomic mass is 127. The van der Waals surface area contributed by atoms with Gasteiger partial charge in [0.05, 0.1) is 12.1 Å². The molecule has 80 valence electrons. The van der Waals surface area contributed by atoms with Crippen molar-refractivity contribution >= 4 is 34.3 Å². The molecule has 5 nitrogen and oxygen atoms in total. The summed E-state index contributed by atoms with van der Waals surface area (Å²) in [6.07, 6.45) is 0. The average molecular weight is 319 g/mol. The summed E-state index contributed by atoms with van der Waals surface area (Å²) in [4.78, 5) is 23.1. The SMILES string of the molecule is CC(=O)c1c(I)nn2c1C(=O)NC(C)C2. The molecule has 0 radical (unpaired) electrons. The number of carbonyl (C=O) groups is 2. The van der Waals surface area contributed by atoms with Gasteiger partial charge in [-0.25, -0.2) is 0 Å². The molecule has 0 fully saturated rings. The summed E-state index contributed by atoms with van der Waals surface area (Å²) < 4.78 is 2.21. The molecule has 2 heterocycles. The molecule has 0 saturated carbocycles. The third kappa shape index (κ3) is 1.66. The lowest BCUT2D eigenvalue weighted by Gasteiger charge is -2.21. The van der Waals surface area contributed by atoms with Crippen molar-refractivity contribution in [2.45, 2.75) is 26.4 Å². The van der Waals surface area contributed by atoms with Crippen molar-refractivity contribution in [3.63, 3.8) is 0 Å². The van der Waals surface area contributed by atoms with Crippen molar-refractivity contribution in [2.75, 3.05) is 0 Å². The number of Topliss-reactive ketones (excluding diaryl/α,β-unsaturated/α-hetero) is 1. The molecule has 1 atom stereocenters. The number of nitrogens with one attached hydrogen (secondary N) is 1. The van der Waals surface area contributed by atoms with Crippen LogP contribution in [0.15, 0.2) is 0 Å². The molecule has 1 N–H and O–H groups in total. The number of aromatic nitrogens is 2. The van der Waals surface area contributed by atoms with Crippen LogP contribution in [-0.4, -0.2) is 27.5 Å². The van der Waals surface area contributed by atoms with E-state index in [1.165, 1.54) is 6.92 Å². The van der Waals surface area contributed by atoms with E-state index in [2.05, 4.69) is 10.4 Å². The normalized spacial score (nSPS) is 19.7. The lowest BCUT2D eigenvalue weighted by molar-refractivity contribution is 0.0890. The second-order valence-corrected chi connectivity index (χ2v) is 4.65. The molecule has 1 aromatic rings. The van der Waals surface area contributed by atoms with E-state index in [1.54, 1.807) is 4.68 Å². The number of halogens is 1. The second kappa shape index (κ2) is 3.58. The fourth-order valence-electron chi connectivity index (χ4n) is 1.70. The summed E-state index contributed by atoms with van der Waals surface area (Å²) >= 11 is 1.98. The van der Waals surface area contributed by atoms with Gasteiger partial charge in [0.2, 0.25) is 0 Å². The Kier molecular flexibility index (Phi) is 2.53. The van der Waals surface area contributed by atoms with Crippen molar-refractivity contribution in [3.8, 4) is 0 Å². The second-order valence-electron chi connectivity index (χ2n) is 3.63. The number of carbonyl (C=O) groups excluding carboxylic acids is 2. The van der Waals surface area contributed by atoms with Crippen LogP contribution in [0.3, 0.4) is 0 Å². The minimum absolute atomic E-state index is 0.0560. The first-order valence-electron chi connectivity index (χ1n) is 4.58. The van der Waals surface area contributed by atoms with Crippen LogP contribution in [0, 0.1) is 3.70 Å². The van der Waals surface area contributed by atoms with Gasteiger partial charge < -0.3 is 5.32 Å². The van der Waals surface area contributed by atoms with Crippen molar-refractivity contribution in [3.05, 3.63) is 15.0 Å². The van der Waals surface area contributed by atoms with Crippen LogP contribution in [0.5, 0.6) is 0 Å². The van der Waals surface area contributed by atoms with Crippen LogP contribution in [0.1, 0.15) is 34.7 Å². The van der Waals surface area contributed by atoms with E-state index in [9.17, 15) is 9.59 Å². The minimum atomic E-state index is -0.214. The fourth-order valence-corrected chi connectivity index (χ4v) is 2.60. The Labute approximate surface area is 100 Å². The highest BCUT2D eigenvalue weighted by Gasteiger charge is 2.29. The van der Waals surface area contributed by atoms with Gasteiger partial charge in [0.25, 0.3) is 5.91 Å². The molecule has 1 aliphatic heterocycles. The lowest BCUT2D eigenvalue weighted by Crippen LogP contribution is -2.43. The van der Waals surface area contributed by atoms with Crippen molar-refractivity contribution in [1.82, 2.24) is 15.1 Å². The van der Waals surface area contributed by atoms with Gasteiger partial charge in [-0.05, 0) is 36.4 Å². The lowest BCUT2D eigenvalue weighted by atomic mass is 10.1. The van der Waals surface area contributed by atoms with Gasteiger partial charge >= 0.3 is 0 Å². The third-order valence-electron chi connectivity index (χ3n) is 2.30. The van der Waals surface area contributed by atoms with Crippen molar-refractivity contribution < 1.29 is 9.59 Å². The van der Waals surface area contributed by atoms with Gasteiger partial charge in [0.1, 0.15) is 9.39 Å². The van der Waals surface area contributed by atoms with Gasteiger partial charge in [-0.2, -0.15) is 5.10 Å². The van der Waals surface area contributed by atoms with Gasteiger partial charge in [-0.15, -0.1) is 0 Å². The predicted octanol–water partition coefficient (Wildman–Crippen LogP) is 0.822. The van der Waals surface area contributed by atoms with Crippen LogP contribution in [0.25, 0.3) is 0 Å². The maximum absolute atomic E-state index is 11.7. The number of hydrogen-bond donors (Lipinski definition) is 1. The molecule has 1 aliphatic rings. The van der Waals surface area contributed by atoms with E-state index in [4.69, 9.17) is 0 Å². The molecule has 0 saturated heterocycles. The number of ketones is 1. The zero-order chi connectivity index (χ0) is 11.2. The van der Waals surface area contributed by atoms with Crippen LogP contribution in [-0.2, 0) is 6.54 Å². The number of hydrogen-bond acceptors (Lipinski definition) is 3. The number of rotatable bonds is 1. The number of fused-ring (bicyclic) bond motifs is 1. The first kappa shape index (κ1) is 10.6. The molecule has 0 aromatic carbocycles. The van der Waals surface area contributed by atoms with E-state index in [0.29, 0.717) is 21.5 Å². The van der Waals surface area contributed by atoms with E-state index in [1.807, 2.05) is 29.5 Å². The zero-order valence-electron chi connectivity index (χ0n) is 8.37. The largest absolute Gasteiger partial charge is 0.346 e. The third-order valence-corrected chi connectivity index (χ3v) is 3.06. The molecule has 6 heteroatoms. The molecule has 2 rings (SSSR count). The summed E-state index contributed by atoms with van der Waals surface area (Å²) in [6, 6.07) is 0.0560. The smallest absolute Gasteiger partial charge is 0.270 e. The zero-order valence-corrected chi connectivity index (χ0v) is 10.5. The molecule has 0 aliphatic carbocycles. The molecule has 1 aromatic heterocycles. The van der Waals surface area contributed by atoms with Gasteiger partial charge in [0.15, 0.2) is 5.78 Å². The van der Waals surface area contributed by atoms with Crippen molar-refractivity contribution in [1.29, 1.82) is 0 Å². The molecule has 1 amide bonds. The summed E-state index contributed by atoms with van der Waals surface area (Å²) in [5.41, 5.74) is 0.824. The van der Waals surface area contributed by atoms with Gasteiger partial charge in [0, 0.05) is 6.04 Å². The fraction of sp³-hybridized carbons (Fsp3) is 0.444. The van der Waals surface area contributed by atoms with Crippen LogP contribution in [0.4, 0.5) is 0 Å². The molecule has 0 bridgehead atoms. The standard InChI is InChI=1S/C9H10IN3O2/c1-4-3-13-7(9(15)11-4)6(5(2)14)8(10)12-13/h4H,3H2,1-2H3,(H,11,15). The Morgan fingerprint density at radius 3 is 2.93 bits per heavy atom. The van der Waals surface area contributed by atoms with Crippen LogP contribution in [0.2, 0.25) is 0 Å². The van der Waals surface area contributed by atoms with E-state index in [0.717, 1.165) is 0 Å². The molecular formula is C9H10IN3O2. The summed E-state index contributed by atoms with van der Waals surface area (Å²) in [5.74, 6) is -0.334. The Hall–Kier alpha value is -0.920. The topological polar surface area (TPSA) is 64.0 Å². The Balaban J connectivity index is 2.61. The van der Waals surface area contributed by atoms with Crippen molar-refractivity contribution in [2.24, 2.45) is 0 Å². The first-order valence-corrected chi connectivity index (χ1v) is 5.66. The number of nitrogens with zero attached hydrogens (tertiary/aromatic N) is 2. The Morgan fingerprint density at radius 1 is 1.67 bits per heavy atom. The highest BCUT2D eigenvalue weighted by molar-refractivity contribution is 14.1. The molecule has 15 heavy (non-hydrogen) atoms. The molecular weight excluding hydrogens is 309 g/mol. The monoisotopic (exact) mass is 319 g/mol. The van der Waals surface area contributed by atoms with Crippen LogP contribution < -0.4 is 5.32 Å². The van der Waals surface area contributed by atoms with Gasteiger partial charge in [-0.1, -0.05) is 0 Å². The maximum Gasteiger partial charge on any atom is 0.270 e. The molecule has 1 unspecified atom stereocenters. The quantitative estimate of drug-likeness (QED) is 0.616. The number of amides is 1. The maximum atomic E-state index is 11.7. The average Bonchev–Trinajstić information content (AvgIpc) is 2.40. The van der Waals surface area contributed by atoms with Crippen LogP contribution >= 0.6 is 22.6 Å². The Morgan fingerprint density at radius 2 is 2.33 bits per heavy atom. The minimum Gasteiger partial charge on any atom is -0.346 e. The van der Waals surface area contributed by atoms with Gasteiger partial charge in [-0.3, -0.25) is 14.3 Å². The first-order chi connectivity index (χ1) is 7.00. The molecule has 0 spiro atoms. The Bertz CT molecular complexity index is 452. The summed E-state index contributed by atoms with van der Waals surface area (Å²) in [5, 5.41) is 6.98. The summed E-state index contributed by atoms with van der Waals surface area (Å²) in [6.45, 7) is 3.97.